The predicted molar refractivity (Wildman–Crippen MR) is 92.2 cm³/mol. The van der Waals surface area contributed by atoms with Gasteiger partial charge in [0, 0.05) is 38.9 Å². The number of hydrogen-bond acceptors (Lipinski definition) is 2. The van der Waals surface area contributed by atoms with Crippen LogP contribution in [0.5, 0.6) is 0 Å². The molecule has 0 saturated heterocycles. The van der Waals surface area contributed by atoms with Gasteiger partial charge < -0.3 is 10.6 Å². The van der Waals surface area contributed by atoms with E-state index in [4.69, 9.17) is 0 Å². The van der Waals surface area contributed by atoms with Crippen LogP contribution in [-0.2, 0) is 19.8 Å². The summed E-state index contributed by atoms with van der Waals surface area (Å²) >= 11 is 0. The molecule has 1 fully saturated rings. The topological polar surface area (TPSA) is 54.2 Å². The van der Waals surface area contributed by atoms with Crippen LogP contribution in [0.4, 0.5) is 13.2 Å². The number of alkyl halides is 3. The Morgan fingerprint density at radius 1 is 1.28 bits per heavy atom. The van der Waals surface area contributed by atoms with Crippen molar-refractivity contribution in [2.75, 3.05) is 13.6 Å². The SMILES string of the molecule is CN=C(NCCCCC1CCCC1)NCc1cn(C)nc1C(F)(F)F. The highest BCUT2D eigenvalue weighted by Crippen LogP contribution is 2.30. The molecule has 25 heavy (non-hydrogen) atoms. The number of nitrogens with zero attached hydrogens (tertiary/aromatic N) is 3. The van der Waals surface area contributed by atoms with Gasteiger partial charge in [0.25, 0.3) is 0 Å². The second-order valence-corrected chi connectivity index (χ2v) is 6.67. The molecule has 0 atom stereocenters. The second-order valence-electron chi connectivity index (χ2n) is 6.67. The number of nitrogens with one attached hydrogen (secondary N) is 2. The summed E-state index contributed by atoms with van der Waals surface area (Å²) < 4.78 is 40.0. The summed E-state index contributed by atoms with van der Waals surface area (Å²) in [5.41, 5.74) is -0.742. The van der Waals surface area contributed by atoms with Gasteiger partial charge in [-0.25, -0.2) is 0 Å². The van der Waals surface area contributed by atoms with E-state index in [1.807, 2.05) is 0 Å². The van der Waals surface area contributed by atoms with E-state index in [0.29, 0.717) is 5.96 Å². The van der Waals surface area contributed by atoms with Crippen molar-refractivity contribution < 1.29 is 13.2 Å². The van der Waals surface area contributed by atoms with Gasteiger partial charge in [0.1, 0.15) is 0 Å². The summed E-state index contributed by atoms with van der Waals surface area (Å²) in [7, 11) is 3.10. The van der Waals surface area contributed by atoms with Crippen molar-refractivity contribution >= 4 is 5.96 Å². The zero-order chi connectivity index (χ0) is 18.3. The first-order valence-electron chi connectivity index (χ1n) is 8.94. The Balaban J connectivity index is 1.71. The van der Waals surface area contributed by atoms with E-state index in [0.717, 1.165) is 18.9 Å². The van der Waals surface area contributed by atoms with Crippen molar-refractivity contribution in [3.05, 3.63) is 17.5 Å². The van der Waals surface area contributed by atoms with Crippen LogP contribution in [0.15, 0.2) is 11.2 Å². The Bertz CT molecular complexity index is 559. The van der Waals surface area contributed by atoms with E-state index in [-0.39, 0.29) is 12.1 Å². The van der Waals surface area contributed by atoms with Crippen LogP contribution in [0, 0.1) is 5.92 Å². The van der Waals surface area contributed by atoms with Crippen molar-refractivity contribution in [2.45, 2.75) is 57.7 Å². The van der Waals surface area contributed by atoms with Gasteiger partial charge in [0.05, 0.1) is 0 Å². The van der Waals surface area contributed by atoms with E-state index in [2.05, 4.69) is 20.7 Å². The van der Waals surface area contributed by atoms with E-state index in [9.17, 15) is 13.2 Å². The number of aromatic nitrogens is 2. The van der Waals surface area contributed by atoms with Crippen molar-refractivity contribution in [2.24, 2.45) is 18.0 Å². The van der Waals surface area contributed by atoms with E-state index < -0.39 is 11.9 Å². The number of halogens is 3. The Hall–Kier alpha value is -1.73. The van der Waals surface area contributed by atoms with Gasteiger partial charge in [-0.2, -0.15) is 18.3 Å². The molecular weight excluding hydrogens is 331 g/mol. The van der Waals surface area contributed by atoms with E-state index in [1.165, 1.54) is 56.5 Å². The summed E-state index contributed by atoms with van der Waals surface area (Å²) in [5, 5.41) is 9.59. The standard InChI is InChI=1S/C17H28F3N5/c1-21-16(22-10-6-5-9-13-7-3-4-8-13)23-11-14-12-25(2)24-15(14)17(18,19)20/h12-13H,3-11H2,1-2H3,(H2,21,22,23). The molecule has 5 nitrogen and oxygen atoms in total. The van der Waals surface area contributed by atoms with E-state index >= 15 is 0 Å². The first-order chi connectivity index (χ1) is 11.9. The van der Waals surface area contributed by atoms with Crippen LogP contribution in [0.1, 0.15) is 56.2 Å². The molecule has 0 unspecified atom stereocenters. The minimum absolute atomic E-state index is 0.0322. The lowest BCUT2D eigenvalue weighted by Gasteiger charge is -2.13. The normalized spacial score (nSPS) is 16.4. The molecule has 1 aromatic heterocycles. The number of aliphatic imine (C=N–C) groups is 1. The van der Waals surface area contributed by atoms with Gasteiger partial charge in [-0.3, -0.25) is 9.67 Å². The molecule has 2 rings (SSSR count). The molecule has 2 N–H and O–H groups in total. The molecule has 0 radical (unpaired) electrons. The van der Waals surface area contributed by atoms with Crippen LogP contribution in [0.25, 0.3) is 0 Å². The molecule has 1 heterocycles. The largest absolute Gasteiger partial charge is 0.435 e. The van der Waals surface area contributed by atoms with Crippen LogP contribution < -0.4 is 10.6 Å². The predicted octanol–water partition coefficient (Wildman–Crippen LogP) is 3.46. The summed E-state index contributed by atoms with van der Waals surface area (Å²) in [6.45, 7) is 0.802. The zero-order valence-corrected chi connectivity index (χ0v) is 15.0. The lowest BCUT2D eigenvalue weighted by molar-refractivity contribution is -0.142. The highest BCUT2D eigenvalue weighted by Gasteiger charge is 2.36. The number of unbranched alkanes of at least 4 members (excludes halogenated alkanes) is 1. The fourth-order valence-corrected chi connectivity index (χ4v) is 3.37. The molecule has 1 aromatic rings. The number of rotatable bonds is 7. The highest BCUT2D eigenvalue weighted by atomic mass is 19.4. The first-order valence-corrected chi connectivity index (χ1v) is 8.94. The van der Waals surface area contributed by atoms with Crippen molar-refractivity contribution in [3.63, 3.8) is 0 Å². The lowest BCUT2D eigenvalue weighted by atomic mass is 10.0. The molecule has 0 aliphatic heterocycles. The molecule has 1 aliphatic carbocycles. The summed E-state index contributed by atoms with van der Waals surface area (Å²) in [6.07, 6.45) is 5.89. The maximum absolute atomic E-state index is 12.9. The average Bonchev–Trinajstić information content (AvgIpc) is 3.19. The fourth-order valence-electron chi connectivity index (χ4n) is 3.37. The monoisotopic (exact) mass is 359 g/mol. The highest BCUT2D eigenvalue weighted by molar-refractivity contribution is 5.79. The third-order valence-corrected chi connectivity index (χ3v) is 4.65. The maximum Gasteiger partial charge on any atom is 0.435 e. The third-order valence-electron chi connectivity index (χ3n) is 4.65. The van der Waals surface area contributed by atoms with Crippen LogP contribution >= 0.6 is 0 Å². The van der Waals surface area contributed by atoms with Crippen molar-refractivity contribution in [1.82, 2.24) is 20.4 Å². The molecule has 0 spiro atoms. The molecule has 0 bridgehead atoms. The molecule has 1 aliphatic rings. The Morgan fingerprint density at radius 2 is 2.00 bits per heavy atom. The average molecular weight is 359 g/mol. The summed E-state index contributed by atoms with van der Waals surface area (Å²) in [6, 6.07) is 0. The molecule has 8 heteroatoms. The van der Waals surface area contributed by atoms with Gasteiger partial charge in [0.15, 0.2) is 11.7 Å². The number of hydrogen-bond donors (Lipinski definition) is 2. The molecule has 0 amide bonds. The number of guanidine groups is 1. The van der Waals surface area contributed by atoms with Gasteiger partial charge in [-0.15, -0.1) is 0 Å². The summed E-state index contributed by atoms with van der Waals surface area (Å²) in [5.74, 6) is 1.40. The zero-order valence-electron chi connectivity index (χ0n) is 15.0. The molecule has 0 aromatic carbocycles. The lowest BCUT2D eigenvalue weighted by Crippen LogP contribution is -2.37. The van der Waals surface area contributed by atoms with Crippen LogP contribution in [-0.4, -0.2) is 29.3 Å². The Labute approximate surface area is 147 Å². The summed E-state index contributed by atoms with van der Waals surface area (Å²) in [4.78, 5) is 4.06. The molecular formula is C17H28F3N5. The smallest absolute Gasteiger partial charge is 0.356 e. The van der Waals surface area contributed by atoms with Crippen LogP contribution in [0.3, 0.4) is 0 Å². The third kappa shape index (κ3) is 6.25. The van der Waals surface area contributed by atoms with Gasteiger partial charge in [-0.05, 0) is 12.3 Å². The van der Waals surface area contributed by atoms with Gasteiger partial charge in [-0.1, -0.05) is 38.5 Å². The molecule has 142 valence electrons. The first kappa shape index (κ1) is 19.6. The van der Waals surface area contributed by atoms with Crippen LogP contribution in [0.2, 0.25) is 0 Å². The minimum atomic E-state index is -4.45. The quantitative estimate of drug-likeness (QED) is 0.445. The maximum atomic E-state index is 12.9. The van der Waals surface area contributed by atoms with E-state index in [1.54, 1.807) is 7.05 Å². The Morgan fingerprint density at radius 3 is 2.64 bits per heavy atom. The van der Waals surface area contributed by atoms with Crippen molar-refractivity contribution in [3.8, 4) is 0 Å². The molecule has 1 saturated carbocycles. The number of aryl methyl sites for hydroxylation is 1. The van der Waals surface area contributed by atoms with Gasteiger partial charge >= 0.3 is 6.18 Å². The van der Waals surface area contributed by atoms with Gasteiger partial charge in [0.2, 0.25) is 0 Å². The second kappa shape index (κ2) is 9.10. The Kier molecular flexibility index (Phi) is 7.13. The van der Waals surface area contributed by atoms with Crippen molar-refractivity contribution in [1.29, 1.82) is 0 Å². The minimum Gasteiger partial charge on any atom is -0.356 e. The fraction of sp³-hybridized carbons (Fsp3) is 0.765.